The van der Waals surface area contributed by atoms with Gasteiger partial charge < -0.3 is 14.5 Å². The maximum Gasteiger partial charge on any atom is 0.241 e. The zero-order valence-corrected chi connectivity index (χ0v) is 16.7. The highest BCUT2D eigenvalue weighted by Gasteiger charge is 2.46. The molecule has 28 heavy (non-hydrogen) atoms. The predicted octanol–water partition coefficient (Wildman–Crippen LogP) is 2.59. The molecule has 4 rings (SSSR count). The molecule has 1 aromatic carbocycles. The number of aliphatic hydroxyl groups excluding tert-OH is 1. The second kappa shape index (κ2) is 7.81. The van der Waals surface area contributed by atoms with E-state index in [9.17, 15) is 9.90 Å². The van der Waals surface area contributed by atoms with E-state index in [4.69, 9.17) is 16.1 Å². The summed E-state index contributed by atoms with van der Waals surface area (Å²) in [5.74, 6) is 1.17. The van der Waals surface area contributed by atoms with Crippen molar-refractivity contribution in [3.8, 4) is 11.4 Å². The van der Waals surface area contributed by atoms with Gasteiger partial charge in [0.05, 0.1) is 12.6 Å². The number of piperidine rings is 2. The third-order valence-corrected chi connectivity index (χ3v) is 6.20. The van der Waals surface area contributed by atoms with Gasteiger partial charge in [-0.2, -0.15) is 4.98 Å². The van der Waals surface area contributed by atoms with E-state index >= 15 is 0 Å². The molecule has 3 heterocycles. The van der Waals surface area contributed by atoms with Gasteiger partial charge in [0.15, 0.2) is 0 Å². The zero-order chi connectivity index (χ0) is 19.7. The first-order valence-electron chi connectivity index (χ1n) is 9.70. The number of amides is 1. The first-order valence-corrected chi connectivity index (χ1v) is 10.1. The largest absolute Gasteiger partial charge is 0.392 e. The number of hydrogen-bond acceptors (Lipinski definition) is 6. The van der Waals surface area contributed by atoms with Crippen molar-refractivity contribution in [3.63, 3.8) is 0 Å². The van der Waals surface area contributed by atoms with Gasteiger partial charge in [0.2, 0.25) is 17.6 Å². The van der Waals surface area contributed by atoms with Crippen LogP contribution in [0.15, 0.2) is 28.8 Å². The normalized spacial score (nSPS) is 26.0. The van der Waals surface area contributed by atoms with Crippen molar-refractivity contribution < 1.29 is 14.4 Å². The minimum atomic E-state index is -0.391. The molecule has 2 aromatic rings. The number of aromatic nitrogens is 2. The third-order valence-electron chi connectivity index (χ3n) is 5.95. The Morgan fingerprint density at radius 2 is 2.11 bits per heavy atom. The molecule has 0 radical (unpaired) electrons. The van der Waals surface area contributed by atoms with Crippen molar-refractivity contribution in [1.82, 2.24) is 19.9 Å². The summed E-state index contributed by atoms with van der Waals surface area (Å²) in [6.07, 6.45) is 2.14. The van der Waals surface area contributed by atoms with Gasteiger partial charge in [0.1, 0.15) is 0 Å². The van der Waals surface area contributed by atoms with Gasteiger partial charge in [-0.15, -0.1) is 0 Å². The fourth-order valence-electron chi connectivity index (χ4n) is 4.43. The van der Waals surface area contributed by atoms with Gasteiger partial charge in [-0.1, -0.05) is 16.8 Å². The molecule has 2 aliphatic heterocycles. The van der Waals surface area contributed by atoms with Gasteiger partial charge in [0, 0.05) is 49.1 Å². The molecule has 0 aliphatic carbocycles. The second-order valence-electron chi connectivity index (χ2n) is 7.94. The molecule has 8 heteroatoms. The van der Waals surface area contributed by atoms with E-state index in [2.05, 4.69) is 15.0 Å². The van der Waals surface area contributed by atoms with Crippen LogP contribution in [0.5, 0.6) is 0 Å². The molecule has 2 fully saturated rings. The highest BCUT2D eigenvalue weighted by molar-refractivity contribution is 6.30. The number of rotatable bonds is 3. The maximum absolute atomic E-state index is 11.9. The average molecular weight is 405 g/mol. The van der Waals surface area contributed by atoms with Crippen LogP contribution in [0, 0.1) is 5.41 Å². The number of nitrogens with zero attached hydrogens (tertiary/aromatic N) is 4. The van der Waals surface area contributed by atoms with Crippen molar-refractivity contribution in [2.45, 2.75) is 38.8 Å². The summed E-state index contributed by atoms with van der Waals surface area (Å²) in [4.78, 5) is 20.5. The lowest BCUT2D eigenvalue weighted by atomic mass is 9.71. The summed E-state index contributed by atoms with van der Waals surface area (Å²) in [6, 6.07) is 7.32. The Labute approximate surface area is 169 Å². The van der Waals surface area contributed by atoms with E-state index in [0.29, 0.717) is 36.2 Å². The van der Waals surface area contributed by atoms with Gasteiger partial charge in [-0.3, -0.25) is 9.69 Å². The predicted molar refractivity (Wildman–Crippen MR) is 105 cm³/mol. The molecular formula is C20H25ClN4O3. The van der Waals surface area contributed by atoms with E-state index in [1.807, 2.05) is 17.0 Å². The fourth-order valence-corrected chi connectivity index (χ4v) is 4.56. The monoisotopic (exact) mass is 404 g/mol. The molecular weight excluding hydrogens is 380 g/mol. The lowest BCUT2D eigenvalue weighted by molar-refractivity contribution is -0.139. The van der Waals surface area contributed by atoms with Crippen LogP contribution in [0.1, 0.15) is 32.1 Å². The smallest absolute Gasteiger partial charge is 0.241 e. The standard InChI is InChI=1S/C20H25ClN4O3/c1-14(26)25-9-2-8-20(13-25)12-24(10-7-17(20)27)11-18-22-19(23-28-18)15-3-5-16(21)6-4-15/h3-6,17,27H,2,7-13H2,1H3/t17-,20-/m0/s1. The quantitative estimate of drug-likeness (QED) is 0.846. The van der Waals surface area contributed by atoms with Crippen LogP contribution in [-0.2, 0) is 11.3 Å². The molecule has 2 atom stereocenters. The molecule has 150 valence electrons. The van der Waals surface area contributed by atoms with Crippen LogP contribution in [-0.4, -0.2) is 63.2 Å². The molecule has 0 bridgehead atoms. The lowest BCUT2D eigenvalue weighted by Gasteiger charge is -2.50. The molecule has 2 aliphatic rings. The van der Waals surface area contributed by atoms with Crippen LogP contribution in [0.25, 0.3) is 11.4 Å². The Morgan fingerprint density at radius 3 is 2.86 bits per heavy atom. The van der Waals surface area contributed by atoms with Crippen LogP contribution in [0.4, 0.5) is 0 Å². The SMILES string of the molecule is CC(=O)N1CCC[C@]2(CN(Cc3nc(-c4ccc(Cl)cc4)no3)CC[C@@H]2O)C1. The van der Waals surface area contributed by atoms with Crippen LogP contribution in [0.3, 0.4) is 0 Å². The Morgan fingerprint density at radius 1 is 1.32 bits per heavy atom. The molecule has 0 saturated carbocycles. The number of hydrogen-bond donors (Lipinski definition) is 1. The minimum Gasteiger partial charge on any atom is -0.392 e. The minimum absolute atomic E-state index is 0.0768. The zero-order valence-electron chi connectivity index (χ0n) is 16.0. The van der Waals surface area contributed by atoms with Crippen molar-refractivity contribution in [2.75, 3.05) is 26.2 Å². The molecule has 7 nitrogen and oxygen atoms in total. The maximum atomic E-state index is 11.9. The van der Waals surface area contributed by atoms with Crippen LogP contribution >= 0.6 is 11.6 Å². The Hall–Kier alpha value is -1.96. The highest BCUT2D eigenvalue weighted by atomic mass is 35.5. The average Bonchev–Trinajstić information content (AvgIpc) is 3.14. The molecule has 1 aromatic heterocycles. The topological polar surface area (TPSA) is 82.7 Å². The summed E-state index contributed by atoms with van der Waals surface area (Å²) in [6.45, 7) is 5.01. The molecule has 0 unspecified atom stereocenters. The fraction of sp³-hybridized carbons (Fsp3) is 0.550. The summed E-state index contributed by atoms with van der Waals surface area (Å²) in [7, 11) is 0. The Kier molecular flexibility index (Phi) is 5.40. The number of benzene rings is 1. The van der Waals surface area contributed by atoms with E-state index in [0.717, 1.165) is 38.0 Å². The van der Waals surface area contributed by atoms with Crippen molar-refractivity contribution >= 4 is 17.5 Å². The number of halogens is 1. The lowest BCUT2D eigenvalue weighted by Crippen LogP contribution is -2.59. The van der Waals surface area contributed by atoms with Crippen molar-refractivity contribution in [2.24, 2.45) is 5.41 Å². The van der Waals surface area contributed by atoms with E-state index in [-0.39, 0.29) is 11.3 Å². The van der Waals surface area contributed by atoms with E-state index in [1.54, 1.807) is 19.1 Å². The first kappa shape index (κ1) is 19.4. The molecule has 1 amide bonds. The Balaban J connectivity index is 1.45. The summed E-state index contributed by atoms with van der Waals surface area (Å²) in [5.41, 5.74) is 0.579. The highest BCUT2D eigenvalue weighted by Crippen LogP contribution is 2.39. The molecule has 2 saturated heterocycles. The molecule has 1 spiro atoms. The van der Waals surface area contributed by atoms with Crippen molar-refractivity contribution in [3.05, 3.63) is 35.2 Å². The second-order valence-corrected chi connectivity index (χ2v) is 8.38. The van der Waals surface area contributed by atoms with Gasteiger partial charge in [-0.25, -0.2) is 0 Å². The van der Waals surface area contributed by atoms with E-state index in [1.165, 1.54) is 0 Å². The number of aliphatic hydroxyl groups is 1. The number of carbonyl (C=O) groups is 1. The summed E-state index contributed by atoms with van der Waals surface area (Å²) < 4.78 is 5.45. The summed E-state index contributed by atoms with van der Waals surface area (Å²) in [5, 5.41) is 15.5. The van der Waals surface area contributed by atoms with Crippen LogP contribution in [0.2, 0.25) is 5.02 Å². The molecule has 1 N–H and O–H groups in total. The van der Waals surface area contributed by atoms with Gasteiger partial charge in [-0.05, 0) is 43.5 Å². The van der Waals surface area contributed by atoms with Gasteiger partial charge in [0.25, 0.3) is 0 Å². The van der Waals surface area contributed by atoms with E-state index < -0.39 is 6.10 Å². The van der Waals surface area contributed by atoms with Crippen molar-refractivity contribution in [1.29, 1.82) is 0 Å². The number of carbonyl (C=O) groups excluding carboxylic acids is 1. The number of likely N-dealkylation sites (tertiary alicyclic amines) is 2. The summed E-state index contributed by atoms with van der Waals surface area (Å²) >= 11 is 5.93. The Bertz CT molecular complexity index is 840. The third kappa shape index (κ3) is 3.92. The first-order chi connectivity index (χ1) is 13.4. The van der Waals surface area contributed by atoms with Gasteiger partial charge >= 0.3 is 0 Å². The van der Waals surface area contributed by atoms with Crippen LogP contribution < -0.4 is 0 Å².